The Bertz CT molecular complexity index is 601. The number of amides is 3. The Morgan fingerprint density at radius 2 is 2.14 bits per heavy atom. The fourth-order valence-corrected chi connectivity index (χ4v) is 2.19. The molecule has 2 aliphatic rings. The molecule has 22 heavy (non-hydrogen) atoms. The predicted octanol–water partition coefficient (Wildman–Crippen LogP) is 0.221. The highest BCUT2D eigenvalue weighted by Gasteiger charge is 2.24. The molecule has 1 atom stereocenters. The maximum absolute atomic E-state index is 11.4. The summed E-state index contributed by atoms with van der Waals surface area (Å²) in [6.45, 7) is 5.54. The van der Waals surface area contributed by atoms with Crippen LogP contribution in [0.4, 0.5) is 10.7 Å². The summed E-state index contributed by atoms with van der Waals surface area (Å²) in [4.78, 5) is 33.0. The molecule has 0 saturated carbocycles. The molecule has 1 unspecified atom stereocenters. The summed E-state index contributed by atoms with van der Waals surface area (Å²) in [6, 6.07) is 1.28. The molecule has 1 aromatic heterocycles. The second-order valence-electron chi connectivity index (χ2n) is 4.74. The van der Waals surface area contributed by atoms with Crippen LogP contribution in [0.3, 0.4) is 0 Å². The van der Waals surface area contributed by atoms with Crippen LogP contribution in [0.1, 0.15) is 26.0 Å². The predicted molar refractivity (Wildman–Crippen MR) is 82.8 cm³/mol. The third kappa shape index (κ3) is 3.59. The molecule has 1 aromatic rings. The third-order valence-electron chi connectivity index (χ3n) is 3.18. The molecule has 3 amide bonds. The number of aromatic nitrogens is 2. The van der Waals surface area contributed by atoms with Gasteiger partial charge in [-0.1, -0.05) is 13.8 Å². The molecule has 2 saturated heterocycles. The van der Waals surface area contributed by atoms with Crippen molar-refractivity contribution in [1.82, 2.24) is 20.6 Å². The first-order valence-corrected chi connectivity index (χ1v) is 7.29. The highest BCUT2D eigenvalue weighted by molar-refractivity contribution is 6.13. The largest absolute Gasteiger partial charge is 0.339 e. The molecule has 2 aliphatic heterocycles. The van der Waals surface area contributed by atoms with E-state index in [4.69, 9.17) is 5.73 Å². The average Bonchev–Trinajstić information content (AvgIpc) is 3.08. The molecular formula is C14H20N6O2. The fourth-order valence-electron chi connectivity index (χ4n) is 2.19. The first-order chi connectivity index (χ1) is 10.6. The zero-order chi connectivity index (χ0) is 16.1. The molecule has 3 heterocycles. The van der Waals surface area contributed by atoms with Crippen molar-refractivity contribution in [2.45, 2.75) is 26.3 Å². The zero-order valence-electron chi connectivity index (χ0n) is 12.7. The number of imide groups is 1. The number of nitrogens with one attached hydrogen (secondary N) is 2. The normalized spacial score (nSPS) is 22.2. The molecule has 2 fully saturated rings. The summed E-state index contributed by atoms with van der Waals surface area (Å²) < 4.78 is 0. The van der Waals surface area contributed by atoms with E-state index in [2.05, 4.69) is 20.6 Å². The summed E-state index contributed by atoms with van der Waals surface area (Å²) in [5.41, 5.74) is 6.59. The van der Waals surface area contributed by atoms with Crippen LogP contribution in [-0.2, 0) is 4.79 Å². The van der Waals surface area contributed by atoms with Crippen LogP contribution in [-0.4, -0.2) is 41.0 Å². The third-order valence-corrected chi connectivity index (χ3v) is 3.18. The van der Waals surface area contributed by atoms with Crippen molar-refractivity contribution in [2.24, 2.45) is 5.73 Å². The number of carbonyl (C=O) groups excluding carboxylic acids is 2. The SMILES string of the molecule is CC.NC1CCN(c2nccc(/C=C3\NC(=O)NC3=O)n2)C1. The highest BCUT2D eigenvalue weighted by Crippen LogP contribution is 2.16. The van der Waals surface area contributed by atoms with E-state index in [0.29, 0.717) is 11.6 Å². The number of anilines is 1. The molecule has 0 aromatic carbocycles. The summed E-state index contributed by atoms with van der Waals surface area (Å²) in [7, 11) is 0. The van der Waals surface area contributed by atoms with E-state index in [1.54, 1.807) is 12.3 Å². The highest BCUT2D eigenvalue weighted by atomic mass is 16.2. The lowest BCUT2D eigenvalue weighted by molar-refractivity contribution is -0.115. The number of nitrogens with two attached hydrogens (primary N) is 1. The van der Waals surface area contributed by atoms with Gasteiger partial charge in [0.15, 0.2) is 0 Å². The molecule has 118 valence electrons. The fraction of sp³-hybridized carbons (Fsp3) is 0.429. The smallest absolute Gasteiger partial charge is 0.326 e. The van der Waals surface area contributed by atoms with Gasteiger partial charge in [-0.3, -0.25) is 10.1 Å². The average molecular weight is 304 g/mol. The van der Waals surface area contributed by atoms with Crippen molar-refractivity contribution in [3.63, 3.8) is 0 Å². The van der Waals surface area contributed by atoms with Crippen LogP contribution in [0.5, 0.6) is 0 Å². The monoisotopic (exact) mass is 304 g/mol. The van der Waals surface area contributed by atoms with Crippen molar-refractivity contribution in [2.75, 3.05) is 18.0 Å². The van der Waals surface area contributed by atoms with Gasteiger partial charge >= 0.3 is 6.03 Å². The molecule has 0 bridgehead atoms. The van der Waals surface area contributed by atoms with Gasteiger partial charge in [0.25, 0.3) is 5.91 Å². The van der Waals surface area contributed by atoms with Gasteiger partial charge in [-0.15, -0.1) is 0 Å². The Balaban J connectivity index is 0.000000847. The van der Waals surface area contributed by atoms with Crippen LogP contribution < -0.4 is 21.3 Å². The lowest BCUT2D eigenvalue weighted by atomic mass is 10.3. The minimum atomic E-state index is -0.527. The summed E-state index contributed by atoms with van der Waals surface area (Å²) >= 11 is 0. The summed E-state index contributed by atoms with van der Waals surface area (Å²) in [5.74, 6) is 0.121. The van der Waals surface area contributed by atoms with Gasteiger partial charge in [0.1, 0.15) is 5.70 Å². The Kier molecular flexibility index (Phi) is 5.05. The van der Waals surface area contributed by atoms with Crippen molar-refractivity contribution in [3.05, 3.63) is 23.7 Å². The molecule has 0 radical (unpaired) electrons. The molecular weight excluding hydrogens is 284 g/mol. The maximum atomic E-state index is 11.4. The van der Waals surface area contributed by atoms with Gasteiger partial charge in [-0.2, -0.15) is 0 Å². The topological polar surface area (TPSA) is 113 Å². The molecule has 3 rings (SSSR count). The van der Waals surface area contributed by atoms with Crippen molar-refractivity contribution in [1.29, 1.82) is 0 Å². The second-order valence-corrected chi connectivity index (χ2v) is 4.74. The van der Waals surface area contributed by atoms with E-state index in [-0.39, 0.29) is 11.7 Å². The Hall–Kier alpha value is -2.48. The van der Waals surface area contributed by atoms with E-state index in [1.165, 1.54) is 6.08 Å². The molecule has 0 spiro atoms. The molecule has 4 N–H and O–H groups in total. The lowest BCUT2D eigenvalue weighted by Gasteiger charge is -2.15. The first-order valence-electron chi connectivity index (χ1n) is 7.29. The van der Waals surface area contributed by atoms with Crippen LogP contribution >= 0.6 is 0 Å². The summed E-state index contributed by atoms with van der Waals surface area (Å²) in [5, 5.41) is 4.55. The van der Waals surface area contributed by atoms with Gasteiger partial charge in [0, 0.05) is 25.3 Å². The second kappa shape index (κ2) is 6.99. The minimum Gasteiger partial charge on any atom is -0.339 e. The van der Waals surface area contributed by atoms with Gasteiger partial charge in [0.05, 0.1) is 5.69 Å². The van der Waals surface area contributed by atoms with Crippen LogP contribution in [0, 0.1) is 0 Å². The number of hydrogen-bond donors (Lipinski definition) is 3. The number of urea groups is 1. The van der Waals surface area contributed by atoms with E-state index in [0.717, 1.165) is 19.5 Å². The molecule has 8 heteroatoms. The van der Waals surface area contributed by atoms with Crippen molar-refractivity contribution < 1.29 is 9.59 Å². The first kappa shape index (κ1) is 15.9. The molecule has 0 aliphatic carbocycles. The van der Waals surface area contributed by atoms with Crippen molar-refractivity contribution >= 4 is 24.0 Å². The Morgan fingerprint density at radius 3 is 2.73 bits per heavy atom. The number of hydrogen-bond acceptors (Lipinski definition) is 6. The maximum Gasteiger partial charge on any atom is 0.326 e. The number of nitrogens with zero attached hydrogens (tertiary/aromatic N) is 3. The van der Waals surface area contributed by atoms with E-state index < -0.39 is 11.9 Å². The van der Waals surface area contributed by atoms with E-state index in [1.807, 2.05) is 18.7 Å². The van der Waals surface area contributed by atoms with Crippen LogP contribution in [0.2, 0.25) is 0 Å². The van der Waals surface area contributed by atoms with Crippen LogP contribution in [0.15, 0.2) is 18.0 Å². The standard InChI is InChI=1S/C12H14N6O2.C2H6/c13-7-2-4-18(6-7)11-14-3-1-8(15-11)5-9-10(19)17-12(20)16-9;1-2/h1,3,5,7H,2,4,6,13H2,(H2,16,17,19,20);1-2H3/b9-5-;. The van der Waals surface area contributed by atoms with Gasteiger partial charge < -0.3 is 16.0 Å². The Labute approximate surface area is 128 Å². The van der Waals surface area contributed by atoms with E-state index >= 15 is 0 Å². The Morgan fingerprint density at radius 1 is 1.36 bits per heavy atom. The number of rotatable bonds is 2. The minimum absolute atomic E-state index is 0.139. The van der Waals surface area contributed by atoms with E-state index in [9.17, 15) is 9.59 Å². The quantitative estimate of drug-likeness (QED) is 0.532. The van der Waals surface area contributed by atoms with Gasteiger partial charge in [-0.25, -0.2) is 14.8 Å². The lowest BCUT2D eigenvalue weighted by Crippen LogP contribution is -2.27. The van der Waals surface area contributed by atoms with Crippen LogP contribution in [0.25, 0.3) is 6.08 Å². The van der Waals surface area contributed by atoms with Gasteiger partial charge in [0.2, 0.25) is 5.95 Å². The molecule has 8 nitrogen and oxygen atoms in total. The zero-order valence-corrected chi connectivity index (χ0v) is 12.7. The number of carbonyl (C=O) groups is 2. The van der Waals surface area contributed by atoms with Crippen molar-refractivity contribution in [3.8, 4) is 0 Å². The van der Waals surface area contributed by atoms with Gasteiger partial charge in [-0.05, 0) is 18.6 Å². The summed E-state index contributed by atoms with van der Waals surface area (Å²) in [6.07, 6.45) is 4.04.